The maximum atomic E-state index is 13.3. The lowest BCUT2D eigenvalue weighted by Crippen LogP contribution is -2.43. The SMILES string of the molecule is CC(C(=O)OC(C)(C)C)n1c(=O)n(Cc2ccccc2)c(=O)c2ccc(Cl)cc21. The number of carbonyl (C=O) groups is 1. The molecule has 0 fully saturated rings. The first kappa shape index (κ1) is 20.9. The van der Waals surface area contributed by atoms with Crippen molar-refractivity contribution in [2.75, 3.05) is 0 Å². The zero-order valence-electron chi connectivity index (χ0n) is 16.8. The van der Waals surface area contributed by atoms with E-state index in [0.717, 1.165) is 10.1 Å². The van der Waals surface area contributed by atoms with E-state index in [9.17, 15) is 14.4 Å². The van der Waals surface area contributed by atoms with E-state index in [1.54, 1.807) is 39.8 Å². The molecule has 29 heavy (non-hydrogen) atoms. The van der Waals surface area contributed by atoms with Crippen molar-refractivity contribution >= 4 is 28.5 Å². The smallest absolute Gasteiger partial charge is 0.332 e. The van der Waals surface area contributed by atoms with E-state index >= 15 is 0 Å². The molecule has 3 rings (SSSR count). The summed E-state index contributed by atoms with van der Waals surface area (Å²) in [6.45, 7) is 6.94. The minimum Gasteiger partial charge on any atom is -0.458 e. The van der Waals surface area contributed by atoms with Gasteiger partial charge in [-0.15, -0.1) is 0 Å². The molecule has 0 N–H and O–H groups in total. The van der Waals surface area contributed by atoms with Crippen LogP contribution in [-0.4, -0.2) is 20.7 Å². The van der Waals surface area contributed by atoms with E-state index in [0.29, 0.717) is 15.9 Å². The van der Waals surface area contributed by atoms with Crippen LogP contribution in [0, 0.1) is 0 Å². The van der Waals surface area contributed by atoms with E-state index in [1.165, 1.54) is 10.6 Å². The largest absolute Gasteiger partial charge is 0.458 e. The maximum Gasteiger partial charge on any atom is 0.332 e. The molecule has 152 valence electrons. The van der Waals surface area contributed by atoms with Crippen molar-refractivity contribution in [3.05, 3.63) is 80.0 Å². The molecule has 3 aromatic rings. The molecule has 7 heteroatoms. The minimum atomic E-state index is -0.940. The summed E-state index contributed by atoms with van der Waals surface area (Å²) in [6.07, 6.45) is 0. The van der Waals surface area contributed by atoms with Gasteiger partial charge in [0.1, 0.15) is 11.6 Å². The number of hydrogen-bond donors (Lipinski definition) is 0. The van der Waals surface area contributed by atoms with E-state index in [1.807, 2.05) is 30.3 Å². The van der Waals surface area contributed by atoms with Gasteiger partial charge in [0.05, 0.1) is 17.4 Å². The third-order valence-electron chi connectivity index (χ3n) is 4.45. The van der Waals surface area contributed by atoms with Gasteiger partial charge in [-0.25, -0.2) is 9.59 Å². The Balaban J connectivity index is 2.24. The van der Waals surface area contributed by atoms with Crippen molar-refractivity contribution in [2.45, 2.75) is 45.9 Å². The Hall–Kier alpha value is -2.86. The average Bonchev–Trinajstić information content (AvgIpc) is 2.64. The highest BCUT2D eigenvalue weighted by Crippen LogP contribution is 2.21. The van der Waals surface area contributed by atoms with Crippen molar-refractivity contribution in [3.8, 4) is 0 Å². The highest BCUT2D eigenvalue weighted by molar-refractivity contribution is 6.31. The Morgan fingerprint density at radius 3 is 2.38 bits per heavy atom. The summed E-state index contributed by atoms with van der Waals surface area (Å²) in [6, 6.07) is 12.9. The highest BCUT2D eigenvalue weighted by atomic mass is 35.5. The second kappa shape index (κ2) is 7.87. The van der Waals surface area contributed by atoms with Gasteiger partial charge in [0.15, 0.2) is 0 Å². The lowest BCUT2D eigenvalue weighted by molar-refractivity contribution is -0.158. The topological polar surface area (TPSA) is 70.3 Å². The molecule has 2 aromatic carbocycles. The van der Waals surface area contributed by atoms with Crippen molar-refractivity contribution in [3.63, 3.8) is 0 Å². The number of nitrogens with zero attached hydrogens (tertiary/aromatic N) is 2. The molecule has 1 aromatic heterocycles. The second-order valence-corrected chi connectivity index (χ2v) is 8.34. The lowest BCUT2D eigenvalue weighted by Gasteiger charge is -2.24. The summed E-state index contributed by atoms with van der Waals surface area (Å²) in [5.74, 6) is -0.564. The van der Waals surface area contributed by atoms with Crippen LogP contribution < -0.4 is 11.2 Å². The number of rotatable bonds is 4. The molecule has 0 aliphatic carbocycles. The number of fused-ring (bicyclic) bond motifs is 1. The van der Waals surface area contributed by atoms with Gasteiger partial charge in [-0.2, -0.15) is 0 Å². The predicted octanol–water partition coefficient (Wildman–Crippen LogP) is 3.77. The first-order valence-corrected chi connectivity index (χ1v) is 9.67. The Bertz CT molecular complexity index is 1170. The summed E-state index contributed by atoms with van der Waals surface area (Å²) in [5.41, 5.74) is -0.627. The zero-order chi connectivity index (χ0) is 21.3. The first-order valence-electron chi connectivity index (χ1n) is 9.30. The third kappa shape index (κ3) is 4.43. The fourth-order valence-electron chi connectivity index (χ4n) is 3.12. The normalized spacial score (nSPS) is 12.7. The van der Waals surface area contributed by atoms with Gasteiger partial charge in [-0.1, -0.05) is 41.9 Å². The molecule has 1 heterocycles. The van der Waals surface area contributed by atoms with Crippen LogP contribution in [0.2, 0.25) is 5.02 Å². The Kier molecular flexibility index (Phi) is 5.66. The van der Waals surface area contributed by atoms with Gasteiger partial charge < -0.3 is 4.74 Å². The van der Waals surface area contributed by atoms with Gasteiger partial charge in [-0.3, -0.25) is 13.9 Å². The number of benzene rings is 2. The number of ether oxygens (including phenoxy) is 1. The number of hydrogen-bond acceptors (Lipinski definition) is 4. The van der Waals surface area contributed by atoms with Crippen molar-refractivity contribution in [2.24, 2.45) is 0 Å². The highest BCUT2D eigenvalue weighted by Gasteiger charge is 2.27. The molecule has 1 atom stereocenters. The monoisotopic (exact) mass is 414 g/mol. The number of aromatic nitrogens is 2. The predicted molar refractivity (Wildman–Crippen MR) is 114 cm³/mol. The quantitative estimate of drug-likeness (QED) is 0.609. The molecular weight excluding hydrogens is 392 g/mol. The standard InChI is InChI=1S/C22H23ClN2O4/c1-14(20(27)29-22(2,3)4)25-18-12-16(23)10-11-17(18)19(26)24(21(25)28)13-15-8-6-5-7-9-15/h5-12,14H,13H2,1-4H3. The van der Waals surface area contributed by atoms with Crippen LogP contribution in [0.15, 0.2) is 58.1 Å². The van der Waals surface area contributed by atoms with Crippen LogP contribution in [0.4, 0.5) is 0 Å². The van der Waals surface area contributed by atoms with Crippen molar-refractivity contribution in [1.82, 2.24) is 9.13 Å². The van der Waals surface area contributed by atoms with Crippen LogP contribution >= 0.6 is 11.6 Å². The third-order valence-corrected chi connectivity index (χ3v) is 4.69. The fourth-order valence-corrected chi connectivity index (χ4v) is 3.29. The Labute approximate surface area is 173 Å². The van der Waals surface area contributed by atoms with Crippen LogP contribution in [-0.2, 0) is 16.1 Å². The second-order valence-electron chi connectivity index (χ2n) is 7.90. The van der Waals surface area contributed by atoms with Gasteiger partial charge >= 0.3 is 11.7 Å². The Morgan fingerprint density at radius 2 is 1.76 bits per heavy atom. The average molecular weight is 415 g/mol. The summed E-state index contributed by atoms with van der Waals surface area (Å²) < 4.78 is 7.87. The van der Waals surface area contributed by atoms with E-state index < -0.39 is 28.9 Å². The molecular formula is C22H23ClN2O4. The van der Waals surface area contributed by atoms with Crippen molar-refractivity contribution in [1.29, 1.82) is 0 Å². The summed E-state index contributed by atoms with van der Waals surface area (Å²) in [7, 11) is 0. The molecule has 1 unspecified atom stereocenters. The van der Waals surface area contributed by atoms with Crippen LogP contribution in [0.25, 0.3) is 10.9 Å². The molecule has 0 saturated heterocycles. The van der Waals surface area contributed by atoms with Crippen LogP contribution in [0.5, 0.6) is 0 Å². The molecule has 0 saturated carbocycles. The minimum absolute atomic E-state index is 0.0953. The summed E-state index contributed by atoms with van der Waals surface area (Å²) in [5, 5.41) is 0.669. The molecule has 0 aliphatic rings. The summed E-state index contributed by atoms with van der Waals surface area (Å²) >= 11 is 6.12. The van der Waals surface area contributed by atoms with E-state index in [2.05, 4.69) is 0 Å². The van der Waals surface area contributed by atoms with Crippen LogP contribution in [0.1, 0.15) is 39.3 Å². The molecule has 0 aliphatic heterocycles. The van der Waals surface area contributed by atoms with E-state index in [4.69, 9.17) is 16.3 Å². The number of carbonyl (C=O) groups excluding carboxylic acids is 1. The lowest BCUT2D eigenvalue weighted by atomic mass is 10.1. The van der Waals surface area contributed by atoms with Crippen molar-refractivity contribution < 1.29 is 9.53 Å². The Morgan fingerprint density at radius 1 is 1.10 bits per heavy atom. The molecule has 0 amide bonds. The van der Waals surface area contributed by atoms with E-state index in [-0.39, 0.29) is 6.54 Å². The van der Waals surface area contributed by atoms with Gasteiger partial charge in [0, 0.05) is 5.02 Å². The molecule has 0 bridgehead atoms. The molecule has 6 nitrogen and oxygen atoms in total. The number of halogens is 1. The fraction of sp³-hybridized carbons (Fsp3) is 0.318. The summed E-state index contributed by atoms with van der Waals surface area (Å²) in [4.78, 5) is 39.0. The van der Waals surface area contributed by atoms with Crippen LogP contribution in [0.3, 0.4) is 0 Å². The van der Waals surface area contributed by atoms with Gasteiger partial charge in [-0.05, 0) is 51.5 Å². The van der Waals surface area contributed by atoms with Gasteiger partial charge in [0.25, 0.3) is 5.56 Å². The maximum absolute atomic E-state index is 13.3. The first-order chi connectivity index (χ1) is 13.6. The molecule has 0 spiro atoms. The molecule has 0 radical (unpaired) electrons. The number of esters is 1. The van der Waals surface area contributed by atoms with Gasteiger partial charge in [0.2, 0.25) is 0 Å². The zero-order valence-corrected chi connectivity index (χ0v) is 17.6.